The van der Waals surface area contributed by atoms with Gasteiger partial charge in [-0.25, -0.2) is 0 Å². The zero-order valence-electron chi connectivity index (χ0n) is 14.7. The molecule has 0 saturated carbocycles. The molecule has 0 heterocycles. The normalized spacial score (nSPS) is 12.0. The van der Waals surface area contributed by atoms with Crippen LogP contribution in [0.5, 0.6) is 0 Å². The number of hydrogen-bond donors (Lipinski definition) is 0. The molecule has 1 nitrogen and oxygen atoms in total. The van der Waals surface area contributed by atoms with E-state index in [1.54, 1.807) is 30.3 Å². The van der Waals surface area contributed by atoms with E-state index in [1.807, 2.05) is 60.7 Å². The Hall–Kier alpha value is -3.01. The molecule has 27 heavy (non-hydrogen) atoms. The molecule has 3 aromatic rings. The summed E-state index contributed by atoms with van der Waals surface area (Å²) in [5, 5.41) is 0. The van der Waals surface area contributed by atoms with Crippen molar-refractivity contribution in [3.63, 3.8) is 0 Å². The second kappa shape index (κ2) is 8.58. The van der Waals surface area contributed by atoms with E-state index in [0.29, 0.717) is 5.56 Å². The molecule has 0 aliphatic carbocycles. The maximum absolute atomic E-state index is 14.0. The molecule has 0 aliphatic heterocycles. The first-order chi connectivity index (χ1) is 13.0. The van der Waals surface area contributed by atoms with Gasteiger partial charge in [0.25, 0.3) is 0 Å². The Bertz CT molecular complexity index is 815. The van der Waals surface area contributed by atoms with Crippen molar-refractivity contribution in [2.75, 3.05) is 0 Å². The fourth-order valence-corrected chi connectivity index (χ4v) is 2.89. The van der Waals surface area contributed by atoms with Crippen molar-refractivity contribution >= 4 is 6.08 Å². The molecule has 3 rings (SSSR count). The van der Waals surface area contributed by atoms with Crippen molar-refractivity contribution in [2.45, 2.75) is 19.3 Å². The Morgan fingerprint density at radius 1 is 0.667 bits per heavy atom. The highest BCUT2D eigenvalue weighted by molar-refractivity contribution is 5.53. The highest BCUT2D eigenvalue weighted by Crippen LogP contribution is 2.32. The van der Waals surface area contributed by atoms with Gasteiger partial charge in [-0.1, -0.05) is 91.0 Å². The molecule has 0 N–H and O–H groups in total. The Morgan fingerprint density at radius 2 is 1.07 bits per heavy atom. The largest absolute Gasteiger partial charge is 0.431 e. The van der Waals surface area contributed by atoms with Gasteiger partial charge in [0.2, 0.25) is 0 Å². The summed E-state index contributed by atoms with van der Waals surface area (Å²) in [6.07, 6.45) is -3.24. The minimum atomic E-state index is -4.46. The fourth-order valence-electron chi connectivity index (χ4n) is 2.89. The third-order valence-electron chi connectivity index (χ3n) is 4.17. The summed E-state index contributed by atoms with van der Waals surface area (Å²) in [5.41, 5.74) is 1.53. The minimum absolute atomic E-state index is 0.175. The van der Waals surface area contributed by atoms with Gasteiger partial charge in [0.15, 0.2) is 0 Å². The van der Waals surface area contributed by atoms with E-state index in [9.17, 15) is 13.2 Å². The van der Waals surface area contributed by atoms with Gasteiger partial charge in [-0.15, -0.1) is 0 Å². The fraction of sp³-hybridized carbons (Fsp3) is 0.130. The molecule has 0 unspecified atom stereocenters. The number of allylic oxidation sites excluding steroid dienone is 1. The molecule has 0 aliphatic rings. The lowest BCUT2D eigenvalue weighted by Gasteiger charge is -2.29. The average Bonchev–Trinajstić information content (AvgIpc) is 2.67. The number of hydrogen-bond acceptors (Lipinski definition) is 1. The van der Waals surface area contributed by atoms with Crippen molar-refractivity contribution in [3.05, 3.63) is 113 Å². The van der Waals surface area contributed by atoms with Crippen LogP contribution >= 0.6 is 0 Å². The van der Waals surface area contributed by atoms with Crippen LogP contribution in [0.1, 0.15) is 16.7 Å². The molecule has 0 saturated heterocycles. The highest BCUT2D eigenvalue weighted by atomic mass is 19.4. The monoisotopic (exact) mass is 367 g/mol. The van der Waals surface area contributed by atoms with Crippen LogP contribution in [0, 0.1) is 0 Å². The van der Waals surface area contributed by atoms with Crippen molar-refractivity contribution in [1.29, 1.82) is 0 Å². The predicted molar refractivity (Wildman–Crippen MR) is 103 cm³/mol. The molecule has 0 atom stereocenters. The first-order valence-corrected chi connectivity index (χ1v) is 8.69. The summed E-state index contributed by atoms with van der Waals surface area (Å²) in [5.74, 6) is 0. The van der Waals surface area contributed by atoms with E-state index in [2.05, 4.69) is 0 Å². The molecule has 0 radical (unpaired) electrons. The van der Waals surface area contributed by atoms with E-state index in [1.165, 1.54) is 11.0 Å². The zero-order valence-corrected chi connectivity index (χ0v) is 14.7. The summed E-state index contributed by atoms with van der Waals surface area (Å²) in [7, 11) is 0. The zero-order chi connectivity index (χ0) is 19.1. The Kier molecular flexibility index (Phi) is 5.97. The molecule has 0 amide bonds. The van der Waals surface area contributed by atoms with E-state index in [0.717, 1.165) is 11.1 Å². The van der Waals surface area contributed by atoms with Gasteiger partial charge in [-0.2, -0.15) is 13.2 Å². The molecule has 0 aromatic heterocycles. The number of alkyl halides is 3. The lowest BCUT2D eigenvalue weighted by Crippen LogP contribution is -2.31. The quantitative estimate of drug-likeness (QED) is 0.495. The predicted octanol–water partition coefficient (Wildman–Crippen LogP) is 6.29. The van der Waals surface area contributed by atoms with Crippen molar-refractivity contribution in [3.8, 4) is 0 Å². The lowest BCUT2D eigenvalue weighted by atomic mass is 10.1. The maximum atomic E-state index is 14.0. The minimum Gasteiger partial charge on any atom is -0.359 e. The topological polar surface area (TPSA) is 3.24 Å². The van der Waals surface area contributed by atoms with Crippen molar-refractivity contribution in [1.82, 2.24) is 4.90 Å². The van der Waals surface area contributed by atoms with Crippen LogP contribution in [0.25, 0.3) is 6.08 Å². The molecular weight excluding hydrogens is 347 g/mol. The van der Waals surface area contributed by atoms with Crippen LogP contribution < -0.4 is 0 Å². The van der Waals surface area contributed by atoms with Crippen LogP contribution in [-0.4, -0.2) is 11.1 Å². The third kappa shape index (κ3) is 5.48. The van der Waals surface area contributed by atoms with Gasteiger partial charge in [-0.05, 0) is 22.8 Å². The van der Waals surface area contributed by atoms with Gasteiger partial charge in [-0.3, -0.25) is 0 Å². The molecule has 4 heteroatoms. The average molecular weight is 367 g/mol. The molecule has 0 bridgehead atoms. The van der Waals surface area contributed by atoms with Gasteiger partial charge in [0, 0.05) is 13.1 Å². The third-order valence-corrected chi connectivity index (χ3v) is 4.17. The number of rotatable bonds is 6. The molecule has 0 spiro atoms. The number of benzene rings is 3. The summed E-state index contributed by atoms with van der Waals surface area (Å²) in [6, 6.07) is 27.0. The first kappa shape index (κ1) is 18.8. The van der Waals surface area contributed by atoms with E-state index in [4.69, 9.17) is 0 Å². The Labute approximate surface area is 157 Å². The van der Waals surface area contributed by atoms with Crippen LogP contribution in [-0.2, 0) is 13.1 Å². The van der Waals surface area contributed by atoms with Gasteiger partial charge >= 0.3 is 6.18 Å². The highest BCUT2D eigenvalue weighted by Gasteiger charge is 2.37. The van der Waals surface area contributed by atoms with E-state index in [-0.39, 0.29) is 13.1 Å². The maximum Gasteiger partial charge on any atom is 0.431 e. The van der Waals surface area contributed by atoms with Gasteiger partial charge in [0.1, 0.15) is 5.70 Å². The van der Waals surface area contributed by atoms with E-state index < -0.39 is 11.9 Å². The molecule has 138 valence electrons. The summed E-state index contributed by atoms with van der Waals surface area (Å²) < 4.78 is 41.9. The van der Waals surface area contributed by atoms with Crippen LogP contribution in [0.2, 0.25) is 0 Å². The Balaban J connectivity index is 2.00. The summed E-state index contributed by atoms with van der Waals surface area (Å²) in [6.45, 7) is 0.349. The second-order valence-electron chi connectivity index (χ2n) is 6.27. The standard InChI is InChI=1S/C23H20F3N/c24-23(25,26)22(16-19-10-4-1-5-11-19)27(17-20-12-6-2-7-13-20)18-21-14-8-3-9-15-21/h1-16H,17-18H2/b22-16+. The molecular formula is C23H20F3N. The van der Waals surface area contributed by atoms with Crippen LogP contribution in [0.3, 0.4) is 0 Å². The molecule has 3 aromatic carbocycles. The van der Waals surface area contributed by atoms with E-state index >= 15 is 0 Å². The summed E-state index contributed by atoms with van der Waals surface area (Å²) >= 11 is 0. The van der Waals surface area contributed by atoms with Crippen molar-refractivity contribution < 1.29 is 13.2 Å². The molecule has 0 fully saturated rings. The second-order valence-corrected chi connectivity index (χ2v) is 6.27. The van der Waals surface area contributed by atoms with Crippen LogP contribution in [0.4, 0.5) is 13.2 Å². The Morgan fingerprint density at radius 3 is 1.48 bits per heavy atom. The van der Waals surface area contributed by atoms with Crippen LogP contribution in [0.15, 0.2) is 96.7 Å². The van der Waals surface area contributed by atoms with Gasteiger partial charge in [0.05, 0.1) is 0 Å². The first-order valence-electron chi connectivity index (χ1n) is 8.69. The van der Waals surface area contributed by atoms with Gasteiger partial charge < -0.3 is 4.90 Å². The van der Waals surface area contributed by atoms with Crippen molar-refractivity contribution in [2.24, 2.45) is 0 Å². The lowest BCUT2D eigenvalue weighted by molar-refractivity contribution is -0.112. The summed E-state index contributed by atoms with van der Waals surface area (Å²) in [4.78, 5) is 1.39. The SMILES string of the molecule is FC(F)(F)/C(=C\c1ccccc1)N(Cc1ccccc1)Cc1ccccc1. The number of nitrogens with zero attached hydrogens (tertiary/aromatic N) is 1. The number of halogens is 3. The smallest absolute Gasteiger partial charge is 0.359 e.